The van der Waals surface area contributed by atoms with Crippen molar-refractivity contribution in [2.45, 2.75) is 44.8 Å². The summed E-state index contributed by atoms with van der Waals surface area (Å²) in [5, 5.41) is 11.0. The normalized spacial score (nSPS) is 10.7. The number of rotatable bonds is 9. The maximum atomic E-state index is 14.1. The molecular formula is C17H21FN4O2S. The molecule has 134 valence electrons. The molecule has 0 saturated heterocycles. The fraction of sp³-hybridized carbons (Fsp3) is 0.412. The van der Waals surface area contributed by atoms with Crippen LogP contribution in [0.5, 0.6) is 0 Å². The Labute approximate surface area is 150 Å². The van der Waals surface area contributed by atoms with E-state index in [9.17, 15) is 14.0 Å². The molecule has 0 saturated carbocycles. The number of hydrogen-bond acceptors (Lipinski definition) is 5. The van der Waals surface area contributed by atoms with Crippen molar-refractivity contribution in [2.24, 2.45) is 0 Å². The highest BCUT2D eigenvalue weighted by atomic mass is 32.2. The summed E-state index contributed by atoms with van der Waals surface area (Å²) in [4.78, 5) is 23.2. The molecule has 0 atom stereocenters. The van der Waals surface area contributed by atoms with Crippen LogP contribution in [0, 0.1) is 5.82 Å². The lowest BCUT2D eigenvalue weighted by molar-refractivity contribution is -0.114. The maximum Gasteiger partial charge on any atom is 0.221 e. The zero-order chi connectivity index (χ0) is 18.2. The van der Waals surface area contributed by atoms with E-state index in [2.05, 4.69) is 22.4 Å². The number of ketones is 1. The van der Waals surface area contributed by atoms with Crippen LogP contribution in [0.3, 0.4) is 0 Å². The number of carbonyl (C=O) groups is 2. The second kappa shape index (κ2) is 9.31. The van der Waals surface area contributed by atoms with E-state index < -0.39 is 5.82 Å². The summed E-state index contributed by atoms with van der Waals surface area (Å²) in [7, 11) is 0. The molecule has 0 radical (unpaired) electrons. The molecule has 25 heavy (non-hydrogen) atoms. The Kier molecular flexibility index (Phi) is 7.12. The molecule has 1 N–H and O–H groups in total. The molecule has 1 heterocycles. The van der Waals surface area contributed by atoms with Gasteiger partial charge in [0.25, 0.3) is 0 Å². The number of unbranched alkanes of at least 4 members (excludes halogenated alkanes) is 2. The SMILES string of the molecule is CCCCCn1cnnc1SCC(=O)c1ccc(NC(C)=O)cc1F. The highest BCUT2D eigenvalue weighted by Gasteiger charge is 2.15. The predicted molar refractivity (Wildman–Crippen MR) is 95.3 cm³/mol. The van der Waals surface area contributed by atoms with E-state index in [4.69, 9.17) is 0 Å². The fourth-order valence-electron chi connectivity index (χ4n) is 2.27. The molecule has 0 bridgehead atoms. The van der Waals surface area contributed by atoms with E-state index >= 15 is 0 Å². The minimum Gasteiger partial charge on any atom is -0.326 e. The highest BCUT2D eigenvalue weighted by molar-refractivity contribution is 7.99. The predicted octanol–water partition coefficient (Wildman–Crippen LogP) is 3.54. The molecule has 2 rings (SSSR count). The molecule has 2 aromatic rings. The highest BCUT2D eigenvalue weighted by Crippen LogP contribution is 2.20. The number of nitrogens with one attached hydrogen (secondary N) is 1. The van der Waals surface area contributed by atoms with Gasteiger partial charge < -0.3 is 9.88 Å². The van der Waals surface area contributed by atoms with Gasteiger partial charge in [-0.25, -0.2) is 4.39 Å². The molecule has 1 aromatic heterocycles. The third-order valence-corrected chi connectivity index (χ3v) is 4.49. The zero-order valence-corrected chi connectivity index (χ0v) is 15.1. The van der Waals surface area contributed by atoms with E-state index in [-0.39, 0.29) is 23.0 Å². The van der Waals surface area contributed by atoms with Crippen LogP contribution in [0.4, 0.5) is 10.1 Å². The van der Waals surface area contributed by atoms with Gasteiger partial charge >= 0.3 is 0 Å². The van der Waals surface area contributed by atoms with E-state index in [0.717, 1.165) is 31.9 Å². The molecule has 1 aromatic carbocycles. The largest absolute Gasteiger partial charge is 0.326 e. The number of benzene rings is 1. The molecule has 0 aliphatic carbocycles. The Bertz CT molecular complexity index is 748. The molecule has 8 heteroatoms. The number of nitrogens with zero attached hydrogens (tertiary/aromatic N) is 3. The van der Waals surface area contributed by atoms with Crippen molar-refractivity contribution in [2.75, 3.05) is 11.1 Å². The van der Waals surface area contributed by atoms with Gasteiger partial charge in [0.15, 0.2) is 10.9 Å². The smallest absolute Gasteiger partial charge is 0.221 e. The van der Waals surface area contributed by atoms with Gasteiger partial charge in [-0.1, -0.05) is 31.5 Å². The summed E-state index contributed by atoms with van der Waals surface area (Å²) in [6, 6.07) is 4.04. The number of thioether (sulfide) groups is 1. The molecule has 0 unspecified atom stereocenters. The minimum atomic E-state index is -0.652. The van der Waals surface area contributed by atoms with Gasteiger partial charge in [0, 0.05) is 19.2 Å². The van der Waals surface area contributed by atoms with Gasteiger partial charge in [-0.05, 0) is 24.6 Å². The Balaban J connectivity index is 1.96. The molecular weight excluding hydrogens is 343 g/mol. The van der Waals surface area contributed by atoms with Crippen LogP contribution in [0.1, 0.15) is 43.5 Å². The summed E-state index contributed by atoms with van der Waals surface area (Å²) >= 11 is 1.24. The van der Waals surface area contributed by atoms with Crippen molar-refractivity contribution in [1.29, 1.82) is 0 Å². The lowest BCUT2D eigenvalue weighted by atomic mass is 10.1. The van der Waals surface area contributed by atoms with Gasteiger partial charge in [-0.15, -0.1) is 10.2 Å². The Morgan fingerprint density at radius 2 is 2.12 bits per heavy atom. The second-order valence-electron chi connectivity index (χ2n) is 5.60. The van der Waals surface area contributed by atoms with Gasteiger partial charge in [0.2, 0.25) is 5.91 Å². The van der Waals surface area contributed by atoms with Crippen molar-refractivity contribution in [1.82, 2.24) is 14.8 Å². The van der Waals surface area contributed by atoms with E-state index in [1.165, 1.54) is 30.8 Å². The van der Waals surface area contributed by atoms with Gasteiger partial charge in [-0.3, -0.25) is 9.59 Å². The van der Waals surface area contributed by atoms with Crippen LogP contribution in [0.15, 0.2) is 29.7 Å². The van der Waals surface area contributed by atoms with Crippen LogP contribution in [0.25, 0.3) is 0 Å². The summed E-state index contributed by atoms with van der Waals surface area (Å²) in [5.41, 5.74) is 0.323. The number of aromatic nitrogens is 3. The quantitative estimate of drug-likeness (QED) is 0.418. The van der Waals surface area contributed by atoms with Crippen LogP contribution in [-0.2, 0) is 11.3 Å². The van der Waals surface area contributed by atoms with Crippen LogP contribution in [-0.4, -0.2) is 32.2 Å². The first kappa shape index (κ1) is 19.1. The molecule has 0 spiro atoms. The average molecular weight is 364 g/mol. The van der Waals surface area contributed by atoms with Crippen molar-refractivity contribution in [3.63, 3.8) is 0 Å². The number of anilines is 1. The number of amides is 1. The Morgan fingerprint density at radius 3 is 2.80 bits per heavy atom. The lowest BCUT2D eigenvalue weighted by Gasteiger charge is -2.07. The number of Topliss-reactive ketones (excluding diaryl/α,β-unsaturated/α-hetero) is 1. The third kappa shape index (κ3) is 5.67. The maximum absolute atomic E-state index is 14.1. The fourth-order valence-corrected chi connectivity index (χ4v) is 3.10. The number of aryl methyl sites for hydroxylation is 1. The number of carbonyl (C=O) groups excluding carboxylic acids is 2. The third-order valence-electron chi connectivity index (χ3n) is 3.50. The summed E-state index contributed by atoms with van der Waals surface area (Å²) in [5.74, 6) is -1.21. The molecule has 0 aliphatic heterocycles. The monoisotopic (exact) mass is 364 g/mol. The Hall–Kier alpha value is -2.22. The van der Waals surface area contributed by atoms with E-state index in [1.807, 2.05) is 4.57 Å². The summed E-state index contributed by atoms with van der Waals surface area (Å²) in [6.45, 7) is 4.27. The number of hydrogen-bond donors (Lipinski definition) is 1. The lowest BCUT2D eigenvalue weighted by Crippen LogP contribution is -2.09. The van der Waals surface area contributed by atoms with Gasteiger partial charge in [0.1, 0.15) is 12.1 Å². The molecule has 1 amide bonds. The Morgan fingerprint density at radius 1 is 1.32 bits per heavy atom. The van der Waals surface area contributed by atoms with Crippen molar-refractivity contribution < 1.29 is 14.0 Å². The van der Waals surface area contributed by atoms with Crippen molar-refractivity contribution in [3.05, 3.63) is 35.9 Å². The van der Waals surface area contributed by atoms with Crippen LogP contribution in [0.2, 0.25) is 0 Å². The first-order valence-electron chi connectivity index (χ1n) is 8.12. The standard InChI is InChI=1S/C17H21FN4O2S/c1-3-4-5-8-22-11-19-21-17(22)25-10-16(24)14-7-6-13(9-15(14)18)20-12(2)23/h6-7,9,11H,3-5,8,10H2,1-2H3,(H,20,23). The molecule has 6 nitrogen and oxygen atoms in total. The van der Waals surface area contributed by atoms with Crippen LogP contribution >= 0.6 is 11.8 Å². The topological polar surface area (TPSA) is 76.9 Å². The van der Waals surface area contributed by atoms with Crippen LogP contribution < -0.4 is 5.32 Å². The van der Waals surface area contributed by atoms with Gasteiger partial charge in [0.05, 0.1) is 11.3 Å². The van der Waals surface area contributed by atoms with Crippen molar-refractivity contribution >= 4 is 29.1 Å². The van der Waals surface area contributed by atoms with E-state index in [0.29, 0.717) is 10.8 Å². The number of halogens is 1. The minimum absolute atomic E-state index is 0.00125. The van der Waals surface area contributed by atoms with Crippen molar-refractivity contribution in [3.8, 4) is 0 Å². The average Bonchev–Trinajstić information content (AvgIpc) is 3.00. The molecule has 0 aliphatic rings. The van der Waals surface area contributed by atoms with Gasteiger partial charge in [-0.2, -0.15) is 0 Å². The first-order valence-corrected chi connectivity index (χ1v) is 9.10. The second-order valence-corrected chi connectivity index (χ2v) is 6.54. The summed E-state index contributed by atoms with van der Waals surface area (Å²) < 4.78 is 16.0. The first-order chi connectivity index (χ1) is 12.0. The molecule has 0 fully saturated rings. The van der Waals surface area contributed by atoms with E-state index in [1.54, 1.807) is 6.33 Å². The zero-order valence-electron chi connectivity index (χ0n) is 14.3. The summed E-state index contributed by atoms with van der Waals surface area (Å²) in [6.07, 6.45) is 4.91.